The van der Waals surface area contributed by atoms with Crippen molar-refractivity contribution in [3.05, 3.63) is 0 Å². The molecule has 1 aliphatic rings. The molecule has 0 saturated heterocycles. The molecule has 0 radical (unpaired) electrons. The van der Waals surface area contributed by atoms with Crippen LogP contribution in [0.1, 0.15) is 33.6 Å². The first-order valence-corrected chi connectivity index (χ1v) is 7.36. The minimum Gasteiger partial charge on any atom is -0.377 e. The Morgan fingerprint density at radius 3 is 2.56 bits per heavy atom. The van der Waals surface area contributed by atoms with Gasteiger partial charge in [-0.05, 0) is 32.9 Å². The molecular formula is C14H30N2O2. The van der Waals surface area contributed by atoms with E-state index in [0.29, 0.717) is 6.04 Å². The van der Waals surface area contributed by atoms with Crippen LogP contribution in [0.15, 0.2) is 0 Å². The van der Waals surface area contributed by atoms with Gasteiger partial charge >= 0.3 is 0 Å². The molecule has 1 aliphatic carbocycles. The lowest BCUT2D eigenvalue weighted by atomic mass is 9.85. The van der Waals surface area contributed by atoms with Gasteiger partial charge in [-0.25, -0.2) is 0 Å². The summed E-state index contributed by atoms with van der Waals surface area (Å²) in [6, 6.07) is 0.465. The van der Waals surface area contributed by atoms with Crippen molar-refractivity contribution in [2.24, 2.45) is 0 Å². The number of rotatable bonds is 10. The number of methoxy groups -OCH3 is 1. The molecule has 1 rings (SSSR count). The summed E-state index contributed by atoms with van der Waals surface area (Å²) in [6.45, 7) is 11.8. The third-order valence-corrected chi connectivity index (χ3v) is 3.72. The number of nitrogens with one attached hydrogen (secondary N) is 1. The van der Waals surface area contributed by atoms with E-state index in [1.165, 1.54) is 13.0 Å². The van der Waals surface area contributed by atoms with Crippen molar-refractivity contribution in [2.45, 2.75) is 51.9 Å². The van der Waals surface area contributed by atoms with Gasteiger partial charge < -0.3 is 19.7 Å². The van der Waals surface area contributed by atoms with Crippen LogP contribution in [0.3, 0.4) is 0 Å². The zero-order valence-electron chi connectivity index (χ0n) is 12.4. The first-order chi connectivity index (χ1) is 8.76. The third kappa shape index (κ3) is 4.50. The molecule has 4 nitrogen and oxygen atoms in total. The summed E-state index contributed by atoms with van der Waals surface area (Å²) in [6.07, 6.45) is 2.82. The van der Waals surface area contributed by atoms with Gasteiger partial charge in [-0.2, -0.15) is 0 Å². The molecule has 0 aromatic carbocycles. The third-order valence-electron chi connectivity index (χ3n) is 3.72. The van der Waals surface area contributed by atoms with Gasteiger partial charge in [0.1, 0.15) is 0 Å². The van der Waals surface area contributed by atoms with E-state index in [2.05, 4.69) is 24.1 Å². The molecule has 3 atom stereocenters. The SMILES string of the molecule is CCCN(CC)CCNC1CC(OCC)C1OC. The van der Waals surface area contributed by atoms with Crippen LogP contribution < -0.4 is 5.32 Å². The van der Waals surface area contributed by atoms with Gasteiger partial charge in [0, 0.05) is 32.8 Å². The highest BCUT2D eigenvalue weighted by Crippen LogP contribution is 2.26. The second-order valence-electron chi connectivity index (χ2n) is 4.92. The topological polar surface area (TPSA) is 33.7 Å². The Balaban J connectivity index is 2.16. The number of hydrogen-bond donors (Lipinski definition) is 1. The lowest BCUT2D eigenvalue weighted by Gasteiger charge is -2.43. The van der Waals surface area contributed by atoms with Crippen LogP contribution >= 0.6 is 0 Å². The monoisotopic (exact) mass is 258 g/mol. The number of likely N-dealkylation sites (N-methyl/N-ethyl adjacent to an activating group) is 1. The van der Waals surface area contributed by atoms with E-state index in [4.69, 9.17) is 9.47 Å². The van der Waals surface area contributed by atoms with Gasteiger partial charge in [0.25, 0.3) is 0 Å². The fraction of sp³-hybridized carbons (Fsp3) is 1.00. The Morgan fingerprint density at radius 2 is 2.00 bits per heavy atom. The van der Waals surface area contributed by atoms with Crippen molar-refractivity contribution in [3.63, 3.8) is 0 Å². The molecule has 18 heavy (non-hydrogen) atoms. The van der Waals surface area contributed by atoms with Crippen LogP contribution in [0.25, 0.3) is 0 Å². The molecule has 1 fully saturated rings. The molecule has 108 valence electrons. The Labute approximate surface area is 112 Å². The van der Waals surface area contributed by atoms with Crippen molar-refractivity contribution in [2.75, 3.05) is 39.9 Å². The standard InChI is InChI=1S/C14H30N2O2/c1-5-9-16(6-2)10-8-15-12-11-13(18-7-3)14(12)17-4/h12-15H,5-11H2,1-4H3. The van der Waals surface area contributed by atoms with Crippen molar-refractivity contribution in [1.29, 1.82) is 0 Å². The van der Waals surface area contributed by atoms with E-state index in [0.717, 1.165) is 32.7 Å². The van der Waals surface area contributed by atoms with Gasteiger partial charge in [-0.3, -0.25) is 0 Å². The average Bonchev–Trinajstić information content (AvgIpc) is 2.35. The maximum absolute atomic E-state index is 5.62. The summed E-state index contributed by atoms with van der Waals surface area (Å²) >= 11 is 0. The van der Waals surface area contributed by atoms with Gasteiger partial charge in [0.05, 0.1) is 12.2 Å². The van der Waals surface area contributed by atoms with Gasteiger partial charge in [-0.1, -0.05) is 13.8 Å². The van der Waals surface area contributed by atoms with E-state index in [-0.39, 0.29) is 12.2 Å². The molecule has 0 spiro atoms. The second-order valence-corrected chi connectivity index (χ2v) is 4.92. The van der Waals surface area contributed by atoms with Crippen molar-refractivity contribution in [3.8, 4) is 0 Å². The normalized spacial score (nSPS) is 27.5. The first kappa shape index (κ1) is 15.9. The highest BCUT2D eigenvalue weighted by Gasteiger charge is 2.41. The molecule has 0 aromatic rings. The predicted molar refractivity (Wildman–Crippen MR) is 75.0 cm³/mol. The van der Waals surface area contributed by atoms with Crippen LogP contribution in [0.2, 0.25) is 0 Å². The summed E-state index contributed by atoms with van der Waals surface area (Å²) < 4.78 is 11.1. The predicted octanol–water partition coefficient (Wildman–Crippen LogP) is 1.50. The molecule has 1 N–H and O–H groups in total. The zero-order chi connectivity index (χ0) is 13.4. The molecule has 0 aromatic heterocycles. The molecule has 0 bridgehead atoms. The zero-order valence-corrected chi connectivity index (χ0v) is 12.4. The molecule has 3 unspecified atom stereocenters. The number of ether oxygens (including phenoxy) is 2. The summed E-state index contributed by atoms with van der Waals surface area (Å²) in [5, 5.41) is 3.59. The van der Waals surface area contributed by atoms with Crippen molar-refractivity contribution in [1.82, 2.24) is 10.2 Å². The lowest BCUT2D eigenvalue weighted by Crippen LogP contribution is -2.60. The Morgan fingerprint density at radius 1 is 1.22 bits per heavy atom. The molecule has 0 amide bonds. The minimum absolute atomic E-state index is 0.228. The Kier molecular flexibility index (Phi) is 7.82. The summed E-state index contributed by atoms with van der Waals surface area (Å²) in [5.41, 5.74) is 0. The van der Waals surface area contributed by atoms with E-state index in [1.54, 1.807) is 7.11 Å². The smallest absolute Gasteiger partial charge is 0.0986 e. The number of hydrogen-bond acceptors (Lipinski definition) is 4. The van der Waals surface area contributed by atoms with E-state index >= 15 is 0 Å². The van der Waals surface area contributed by atoms with Gasteiger partial charge in [0.2, 0.25) is 0 Å². The number of nitrogens with zero attached hydrogens (tertiary/aromatic N) is 1. The van der Waals surface area contributed by atoms with E-state index < -0.39 is 0 Å². The summed E-state index contributed by atoms with van der Waals surface area (Å²) in [7, 11) is 1.78. The fourth-order valence-corrected chi connectivity index (χ4v) is 2.63. The van der Waals surface area contributed by atoms with Crippen LogP contribution in [-0.4, -0.2) is 63.0 Å². The average molecular weight is 258 g/mol. The maximum Gasteiger partial charge on any atom is 0.0986 e. The summed E-state index contributed by atoms with van der Waals surface area (Å²) in [4.78, 5) is 2.48. The molecule has 1 saturated carbocycles. The quantitative estimate of drug-likeness (QED) is 0.644. The molecule has 4 heteroatoms. The highest BCUT2D eigenvalue weighted by molar-refractivity contribution is 4.97. The minimum atomic E-state index is 0.228. The van der Waals surface area contributed by atoms with Crippen LogP contribution in [0, 0.1) is 0 Å². The van der Waals surface area contributed by atoms with Crippen molar-refractivity contribution >= 4 is 0 Å². The Bertz CT molecular complexity index is 214. The summed E-state index contributed by atoms with van der Waals surface area (Å²) in [5.74, 6) is 0. The molecule has 0 aliphatic heterocycles. The van der Waals surface area contributed by atoms with Gasteiger partial charge in [-0.15, -0.1) is 0 Å². The highest BCUT2D eigenvalue weighted by atomic mass is 16.5. The maximum atomic E-state index is 5.62. The fourth-order valence-electron chi connectivity index (χ4n) is 2.63. The molecule has 0 heterocycles. The van der Waals surface area contributed by atoms with E-state index in [9.17, 15) is 0 Å². The lowest BCUT2D eigenvalue weighted by molar-refractivity contribution is -0.131. The van der Waals surface area contributed by atoms with Crippen LogP contribution in [-0.2, 0) is 9.47 Å². The Hall–Kier alpha value is -0.160. The van der Waals surface area contributed by atoms with Crippen molar-refractivity contribution < 1.29 is 9.47 Å². The van der Waals surface area contributed by atoms with Crippen LogP contribution in [0.5, 0.6) is 0 Å². The largest absolute Gasteiger partial charge is 0.377 e. The molecular weight excluding hydrogens is 228 g/mol. The van der Waals surface area contributed by atoms with Gasteiger partial charge in [0.15, 0.2) is 0 Å². The van der Waals surface area contributed by atoms with E-state index in [1.807, 2.05) is 6.92 Å². The first-order valence-electron chi connectivity index (χ1n) is 7.36. The van der Waals surface area contributed by atoms with Crippen LogP contribution in [0.4, 0.5) is 0 Å². The second kappa shape index (κ2) is 8.86.